The maximum absolute atomic E-state index is 11.1. The molecule has 1 amide bonds. The lowest BCUT2D eigenvalue weighted by Gasteiger charge is -2.19. The van der Waals surface area contributed by atoms with Gasteiger partial charge in [0.05, 0.1) is 5.84 Å². The molecule has 0 radical (unpaired) electrons. The van der Waals surface area contributed by atoms with Crippen LogP contribution in [0, 0.1) is 5.41 Å². The molecule has 0 fully saturated rings. The van der Waals surface area contributed by atoms with Gasteiger partial charge in [-0.25, -0.2) is 4.79 Å². The smallest absolute Gasteiger partial charge is 0.407 e. The van der Waals surface area contributed by atoms with E-state index >= 15 is 0 Å². The molecule has 0 aromatic rings. The summed E-state index contributed by atoms with van der Waals surface area (Å²) >= 11 is 0. The standard InChI is InChI=1S/C9H19N3O2/c1-7(10)11-5-6-12-8(13)14-9(2,3)4/h5-6H2,1-4H3,(H2,10,11)(H,12,13). The van der Waals surface area contributed by atoms with Gasteiger partial charge in [0.1, 0.15) is 5.60 Å². The third kappa shape index (κ3) is 8.83. The van der Waals surface area contributed by atoms with Gasteiger partial charge in [0, 0.05) is 13.1 Å². The molecular weight excluding hydrogens is 182 g/mol. The molecular formula is C9H19N3O2. The highest BCUT2D eigenvalue weighted by atomic mass is 16.6. The van der Waals surface area contributed by atoms with E-state index in [1.54, 1.807) is 6.92 Å². The van der Waals surface area contributed by atoms with Crippen molar-refractivity contribution in [3.63, 3.8) is 0 Å². The van der Waals surface area contributed by atoms with Crippen molar-refractivity contribution in [3.05, 3.63) is 0 Å². The number of rotatable bonds is 3. The number of amides is 1. The number of carbonyl (C=O) groups excluding carboxylic acids is 1. The van der Waals surface area contributed by atoms with E-state index in [0.717, 1.165) is 0 Å². The first-order chi connectivity index (χ1) is 6.31. The number of amidine groups is 1. The Morgan fingerprint density at radius 3 is 2.21 bits per heavy atom. The van der Waals surface area contributed by atoms with Crippen molar-refractivity contribution in [2.24, 2.45) is 0 Å². The molecule has 0 aliphatic carbocycles. The minimum absolute atomic E-state index is 0.385. The molecule has 0 spiro atoms. The Labute approximate surface area is 84.7 Å². The normalized spacial score (nSPS) is 10.6. The molecule has 82 valence electrons. The molecule has 0 aromatic heterocycles. The summed E-state index contributed by atoms with van der Waals surface area (Å²) in [5.41, 5.74) is -0.463. The molecule has 0 unspecified atom stereocenters. The molecule has 0 saturated heterocycles. The summed E-state index contributed by atoms with van der Waals surface area (Å²) in [4.78, 5) is 11.1. The van der Waals surface area contributed by atoms with Gasteiger partial charge in [-0.2, -0.15) is 0 Å². The second-order valence-electron chi connectivity index (χ2n) is 3.98. The number of hydrogen-bond acceptors (Lipinski definition) is 3. The van der Waals surface area contributed by atoms with Crippen molar-refractivity contribution in [2.45, 2.75) is 33.3 Å². The molecule has 0 aliphatic heterocycles. The van der Waals surface area contributed by atoms with Crippen molar-refractivity contribution in [2.75, 3.05) is 13.1 Å². The Morgan fingerprint density at radius 1 is 1.29 bits per heavy atom. The SMILES string of the molecule is CC(=N)NCCNC(=O)OC(C)(C)C. The summed E-state index contributed by atoms with van der Waals surface area (Å²) in [6.07, 6.45) is -0.429. The summed E-state index contributed by atoms with van der Waals surface area (Å²) in [5, 5.41) is 12.4. The monoisotopic (exact) mass is 201 g/mol. The van der Waals surface area contributed by atoms with Gasteiger partial charge < -0.3 is 15.4 Å². The van der Waals surface area contributed by atoms with Crippen molar-refractivity contribution >= 4 is 11.9 Å². The first-order valence-corrected chi connectivity index (χ1v) is 4.57. The fourth-order valence-electron chi connectivity index (χ4n) is 0.729. The quantitative estimate of drug-likeness (QED) is 0.363. The first-order valence-electron chi connectivity index (χ1n) is 4.57. The first kappa shape index (κ1) is 12.7. The fraction of sp³-hybridized carbons (Fsp3) is 0.778. The minimum Gasteiger partial charge on any atom is -0.444 e. The third-order valence-electron chi connectivity index (χ3n) is 1.18. The van der Waals surface area contributed by atoms with E-state index in [9.17, 15) is 4.79 Å². The molecule has 0 atom stereocenters. The zero-order chi connectivity index (χ0) is 11.2. The van der Waals surface area contributed by atoms with Crippen LogP contribution in [-0.2, 0) is 4.74 Å². The van der Waals surface area contributed by atoms with E-state index in [1.165, 1.54) is 0 Å². The van der Waals surface area contributed by atoms with E-state index in [-0.39, 0.29) is 0 Å². The van der Waals surface area contributed by atoms with E-state index in [2.05, 4.69) is 10.6 Å². The van der Waals surface area contributed by atoms with Crippen LogP contribution in [-0.4, -0.2) is 30.6 Å². The van der Waals surface area contributed by atoms with Gasteiger partial charge >= 0.3 is 6.09 Å². The second kappa shape index (κ2) is 5.47. The van der Waals surface area contributed by atoms with Gasteiger partial charge in [-0.1, -0.05) is 0 Å². The predicted molar refractivity (Wildman–Crippen MR) is 55.6 cm³/mol. The summed E-state index contributed by atoms with van der Waals surface area (Å²) in [5.74, 6) is 0.385. The maximum Gasteiger partial charge on any atom is 0.407 e. The van der Waals surface area contributed by atoms with Gasteiger partial charge in [0.25, 0.3) is 0 Å². The van der Waals surface area contributed by atoms with E-state index in [1.807, 2.05) is 20.8 Å². The molecule has 0 bridgehead atoms. The van der Waals surface area contributed by atoms with Crippen LogP contribution in [0.25, 0.3) is 0 Å². The van der Waals surface area contributed by atoms with E-state index < -0.39 is 11.7 Å². The molecule has 0 aliphatic rings. The summed E-state index contributed by atoms with van der Waals surface area (Å²) < 4.78 is 5.01. The van der Waals surface area contributed by atoms with Crippen molar-refractivity contribution in [1.29, 1.82) is 5.41 Å². The van der Waals surface area contributed by atoms with Crippen LogP contribution in [0.15, 0.2) is 0 Å². The molecule has 14 heavy (non-hydrogen) atoms. The van der Waals surface area contributed by atoms with Crippen LogP contribution >= 0.6 is 0 Å². The third-order valence-corrected chi connectivity index (χ3v) is 1.18. The largest absolute Gasteiger partial charge is 0.444 e. The average Bonchev–Trinajstić information content (AvgIpc) is 1.94. The van der Waals surface area contributed by atoms with E-state index in [4.69, 9.17) is 10.1 Å². The van der Waals surface area contributed by atoms with Crippen LogP contribution in [0.2, 0.25) is 0 Å². The van der Waals surface area contributed by atoms with Crippen LogP contribution in [0.4, 0.5) is 4.79 Å². The lowest BCUT2D eigenvalue weighted by Crippen LogP contribution is -2.37. The molecule has 5 nitrogen and oxygen atoms in total. The van der Waals surface area contributed by atoms with Gasteiger partial charge in [-0.3, -0.25) is 5.41 Å². The van der Waals surface area contributed by atoms with Gasteiger partial charge in [-0.05, 0) is 27.7 Å². The van der Waals surface area contributed by atoms with Crippen LogP contribution in [0.1, 0.15) is 27.7 Å². The molecule has 0 saturated carbocycles. The highest BCUT2D eigenvalue weighted by molar-refractivity contribution is 5.76. The number of nitrogens with one attached hydrogen (secondary N) is 3. The molecule has 3 N–H and O–H groups in total. The fourth-order valence-corrected chi connectivity index (χ4v) is 0.729. The summed E-state index contributed by atoms with van der Waals surface area (Å²) in [6.45, 7) is 8.07. The van der Waals surface area contributed by atoms with Gasteiger partial charge in [0.15, 0.2) is 0 Å². The van der Waals surface area contributed by atoms with Crippen LogP contribution in [0.3, 0.4) is 0 Å². The molecule has 5 heteroatoms. The van der Waals surface area contributed by atoms with Gasteiger partial charge in [-0.15, -0.1) is 0 Å². The zero-order valence-corrected chi connectivity index (χ0v) is 9.23. The highest BCUT2D eigenvalue weighted by Gasteiger charge is 2.15. The Hall–Kier alpha value is -1.26. The lowest BCUT2D eigenvalue weighted by atomic mass is 10.2. The van der Waals surface area contributed by atoms with Crippen LogP contribution < -0.4 is 10.6 Å². The Morgan fingerprint density at radius 2 is 1.79 bits per heavy atom. The lowest BCUT2D eigenvalue weighted by molar-refractivity contribution is 0.0529. The van der Waals surface area contributed by atoms with E-state index in [0.29, 0.717) is 18.9 Å². The second-order valence-corrected chi connectivity index (χ2v) is 3.98. The summed E-state index contributed by atoms with van der Waals surface area (Å²) in [6, 6.07) is 0. The topological polar surface area (TPSA) is 74.2 Å². The average molecular weight is 201 g/mol. The Balaban J connectivity index is 3.50. The highest BCUT2D eigenvalue weighted by Crippen LogP contribution is 2.05. The van der Waals surface area contributed by atoms with Crippen molar-refractivity contribution in [1.82, 2.24) is 10.6 Å². The Kier molecular flexibility index (Phi) is 4.97. The van der Waals surface area contributed by atoms with Crippen molar-refractivity contribution in [3.8, 4) is 0 Å². The van der Waals surface area contributed by atoms with Gasteiger partial charge in [0.2, 0.25) is 0 Å². The number of hydrogen-bond donors (Lipinski definition) is 3. The Bertz CT molecular complexity index is 209. The summed E-state index contributed by atoms with van der Waals surface area (Å²) in [7, 11) is 0. The zero-order valence-electron chi connectivity index (χ0n) is 9.23. The van der Waals surface area contributed by atoms with Crippen LogP contribution in [0.5, 0.6) is 0 Å². The minimum atomic E-state index is -0.463. The number of alkyl carbamates (subject to hydrolysis) is 1. The maximum atomic E-state index is 11.1. The number of carbonyl (C=O) groups is 1. The predicted octanol–water partition coefficient (Wildman–Crippen LogP) is 1.10. The molecule has 0 aromatic carbocycles. The molecule has 0 heterocycles. The van der Waals surface area contributed by atoms with Crippen molar-refractivity contribution < 1.29 is 9.53 Å². The molecule has 0 rings (SSSR count). The number of ether oxygens (including phenoxy) is 1.